The van der Waals surface area contributed by atoms with Crippen LogP contribution in [0.2, 0.25) is 0 Å². The van der Waals surface area contributed by atoms with Gasteiger partial charge in [-0.15, -0.1) is 0 Å². The van der Waals surface area contributed by atoms with E-state index in [1.807, 2.05) is 36.4 Å². The van der Waals surface area contributed by atoms with Crippen molar-refractivity contribution in [2.75, 3.05) is 17.7 Å². The third kappa shape index (κ3) is 3.76. The highest BCUT2D eigenvalue weighted by atomic mass is 16.5. The maximum atomic E-state index is 12.4. The summed E-state index contributed by atoms with van der Waals surface area (Å²) in [6, 6.07) is 20.5. The topological polar surface area (TPSA) is 76.1 Å². The van der Waals surface area contributed by atoms with E-state index >= 15 is 0 Å². The third-order valence-corrected chi connectivity index (χ3v) is 4.26. The first-order chi connectivity index (χ1) is 13.7. The number of amides is 1. The molecule has 4 aromatic rings. The SMILES string of the molecule is COc1ccc(NC(=O)c2ccc(Nc3cccc4cccnc34)cn2)cc1. The summed E-state index contributed by atoms with van der Waals surface area (Å²) in [6.07, 6.45) is 3.39. The lowest BCUT2D eigenvalue weighted by Crippen LogP contribution is -2.13. The van der Waals surface area contributed by atoms with E-state index in [-0.39, 0.29) is 5.91 Å². The van der Waals surface area contributed by atoms with Crippen LogP contribution in [0.1, 0.15) is 10.5 Å². The van der Waals surface area contributed by atoms with Gasteiger partial charge >= 0.3 is 0 Å². The number of rotatable bonds is 5. The molecule has 0 fully saturated rings. The normalized spacial score (nSPS) is 10.5. The summed E-state index contributed by atoms with van der Waals surface area (Å²) in [5, 5.41) is 7.17. The fraction of sp³-hybridized carbons (Fsp3) is 0.0455. The first-order valence-corrected chi connectivity index (χ1v) is 8.75. The Labute approximate surface area is 162 Å². The summed E-state index contributed by atoms with van der Waals surface area (Å²) in [6.45, 7) is 0. The number of pyridine rings is 2. The Hall–Kier alpha value is -3.93. The number of nitrogens with zero attached hydrogens (tertiary/aromatic N) is 2. The van der Waals surface area contributed by atoms with Gasteiger partial charge in [-0.2, -0.15) is 0 Å². The molecule has 2 aromatic carbocycles. The largest absolute Gasteiger partial charge is 0.497 e. The molecule has 4 rings (SSSR count). The van der Waals surface area contributed by atoms with Crippen LogP contribution in [0.15, 0.2) is 79.1 Å². The average Bonchev–Trinajstić information content (AvgIpc) is 2.75. The van der Waals surface area contributed by atoms with Gasteiger partial charge in [0.05, 0.1) is 30.2 Å². The van der Waals surface area contributed by atoms with Crippen LogP contribution in [0.3, 0.4) is 0 Å². The van der Waals surface area contributed by atoms with Gasteiger partial charge in [-0.05, 0) is 48.5 Å². The Morgan fingerprint density at radius 2 is 1.68 bits per heavy atom. The van der Waals surface area contributed by atoms with E-state index in [0.29, 0.717) is 11.4 Å². The molecule has 0 radical (unpaired) electrons. The molecule has 0 bridgehead atoms. The smallest absolute Gasteiger partial charge is 0.274 e. The number of nitrogens with one attached hydrogen (secondary N) is 2. The van der Waals surface area contributed by atoms with Crippen molar-refractivity contribution < 1.29 is 9.53 Å². The maximum Gasteiger partial charge on any atom is 0.274 e. The number of carbonyl (C=O) groups is 1. The number of ether oxygens (including phenoxy) is 1. The van der Waals surface area contributed by atoms with Crippen LogP contribution in [0, 0.1) is 0 Å². The number of anilines is 3. The van der Waals surface area contributed by atoms with E-state index < -0.39 is 0 Å². The fourth-order valence-corrected chi connectivity index (χ4v) is 2.83. The van der Waals surface area contributed by atoms with Gasteiger partial charge < -0.3 is 15.4 Å². The van der Waals surface area contributed by atoms with Gasteiger partial charge in [-0.3, -0.25) is 9.78 Å². The highest BCUT2D eigenvalue weighted by Gasteiger charge is 2.09. The zero-order chi connectivity index (χ0) is 19.3. The van der Waals surface area contributed by atoms with E-state index in [2.05, 4.69) is 20.6 Å². The molecule has 0 saturated heterocycles. The molecule has 0 aliphatic carbocycles. The van der Waals surface area contributed by atoms with Crippen molar-refractivity contribution in [2.24, 2.45) is 0 Å². The molecule has 0 unspecified atom stereocenters. The fourth-order valence-electron chi connectivity index (χ4n) is 2.83. The zero-order valence-corrected chi connectivity index (χ0v) is 15.2. The Balaban J connectivity index is 1.47. The zero-order valence-electron chi connectivity index (χ0n) is 15.2. The summed E-state index contributed by atoms with van der Waals surface area (Å²) in [7, 11) is 1.60. The van der Waals surface area contributed by atoms with Crippen molar-refractivity contribution in [3.8, 4) is 5.75 Å². The molecule has 1 amide bonds. The molecule has 6 heteroatoms. The number of methoxy groups -OCH3 is 1. The molecule has 28 heavy (non-hydrogen) atoms. The summed E-state index contributed by atoms with van der Waals surface area (Å²) >= 11 is 0. The predicted molar refractivity (Wildman–Crippen MR) is 110 cm³/mol. The molecule has 0 aliphatic heterocycles. The molecule has 0 aliphatic rings. The summed E-state index contributed by atoms with van der Waals surface area (Å²) in [5.41, 5.74) is 3.55. The van der Waals surface area contributed by atoms with Gasteiger partial charge in [-0.1, -0.05) is 18.2 Å². The molecule has 6 nitrogen and oxygen atoms in total. The average molecular weight is 370 g/mol. The van der Waals surface area contributed by atoms with Crippen molar-refractivity contribution >= 4 is 33.9 Å². The van der Waals surface area contributed by atoms with Gasteiger partial charge in [0, 0.05) is 17.3 Å². The summed E-state index contributed by atoms with van der Waals surface area (Å²) in [5.74, 6) is 0.457. The summed E-state index contributed by atoms with van der Waals surface area (Å²) in [4.78, 5) is 21.1. The Kier molecular flexibility index (Phi) is 4.84. The Morgan fingerprint density at radius 3 is 2.43 bits per heavy atom. The molecule has 0 spiro atoms. The second kappa shape index (κ2) is 7.75. The van der Waals surface area contributed by atoms with Crippen LogP contribution < -0.4 is 15.4 Å². The lowest BCUT2D eigenvalue weighted by atomic mass is 10.2. The Bertz CT molecular complexity index is 1100. The maximum absolute atomic E-state index is 12.4. The van der Waals surface area contributed by atoms with Gasteiger partial charge in [0.1, 0.15) is 11.4 Å². The van der Waals surface area contributed by atoms with Crippen molar-refractivity contribution in [2.45, 2.75) is 0 Å². The molecular formula is C22H18N4O2. The monoisotopic (exact) mass is 370 g/mol. The van der Waals surface area contributed by atoms with E-state index in [4.69, 9.17) is 4.74 Å². The van der Waals surface area contributed by atoms with Gasteiger partial charge in [0.25, 0.3) is 5.91 Å². The van der Waals surface area contributed by atoms with Gasteiger partial charge in [0.2, 0.25) is 0 Å². The van der Waals surface area contributed by atoms with Crippen LogP contribution in [0.4, 0.5) is 17.1 Å². The lowest BCUT2D eigenvalue weighted by Gasteiger charge is -2.10. The van der Waals surface area contributed by atoms with Crippen molar-refractivity contribution in [1.82, 2.24) is 9.97 Å². The Morgan fingerprint density at radius 1 is 0.893 bits per heavy atom. The van der Waals surface area contributed by atoms with Crippen molar-refractivity contribution in [3.05, 3.63) is 84.8 Å². The second-order valence-corrected chi connectivity index (χ2v) is 6.12. The minimum atomic E-state index is -0.274. The van der Waals surface area contributed by atoms with Crippen LogP contribution in [-0.2, 0) is 0 Å². The molecule has 2 N–H and O–H groups in total. The number of para-hydroxylation sites is 1. The predicted octanol–water partition coefficient (Wildman–Crippen LogP) is 4.63. The van der Waals surface area contributed by atoms with Crippen LogP contribution in [-0.4, -0.2) is 23.0 Å². The minimum absolute atomic E-state index is 0.274. The summed E-state index contributed by atoms with van der Waals surface area (Å²) < 4.78 is 5.11. The van der Waals surface area contributed by atoms with Crippen molar-refractivity contribution in [3.63, 3.8) is 0 Å². The van der Waals surface area contributed by atoms with Crippen LogP contribution in [0.5, 0.6) is 5.75 Å². The number of fused-ring (bicyclic) bond motifs is 1. The molecule has 0 saturated carbocycles. The molecule has 138 valence electrons. The first-order valence-electron chi connectivity index (χ1n) is 8.75. The van der Waals surface area contributed by atoms with E-state index in [9.17, 15) is 4.79 Å². The quantitative estimate of drug-likeness (QED) is 0.535. The van der Waals surface area contributed by atoms with E-state index in [0.717, 1.165) is 28.0 Å². The molecule has 0 atom stereocenters. The van der Waals surface area contributed by atoms with Gasteiger partial charge in [-0.25, -0.2) is 4.98 Å². The lowest BCUT2D eigenvalue weighted by molar-refractivity contribution is 0.102. The number of carbonyl (C=O) groups excluding carboxylic acids is 1. The molecular weight excluding hydrogens is 352 g/mol. The minimum Gasteiger partial charge on any atom is -0.497 e. The van der Waals surface area contributed by atoms with Crippen LogP contribution in [0.25, 0.3) is 10.9 Å². The number of hydrogen-bond acceptors (Lipinski definition) is 5. The highest BCUT2D eigenvalue weighted by Crippen LogP contribution is 2.24. The van der Waals surface area contributed by atoms with Crippen molar-refractivity contribution in [1.29, 1.82) is 0 Å². The number of aromatic nitrogens is 2. The van der Waals surface area contributed by atoms with Gasteiger partial charge in [0.15, 0.2) is 0 Å². The molecule has 2 aromatic heterocycles. The number of benzene rings is 2. The van der Waals surface area contributed by atoms with E-state index in [1.54, 1.807) is 49.8 Å². The standard InChI is InChI=1S/C22H18N4O2/c1-28-18-10-7-16(8-11-18)26-22(27)20-12-9-17(14-24-20)25-19-6-2-4-15-5-3-13-23-21(15)19/h2-14,25H,1H3,(H,26,27). The second-order valence-electron chi connectivity index (χ2n) is 6.12. The van der Waals surface area contributed by atoms with E-state index in [1.165, 1.54) is 0 Å². The number of hydrogen-bond donors (Lipinski definition) is 2. The molecule has 2 heterocycles. The van der Waals surface area contributed by atoms with Crippen LogP contribution >= 0.6 is 0 Å². The first kappa shape index (κ1) is 17.5. The third-order valence-electron chi connectivity index (χ3n) is 4.26. The highest BCUT2D eigenvalue weighted by molar-refractivity contribution is 6.03.